The molecule has 0 radical (unpaired) electrons. The SMILES string of the molecule is CCCN1CCCC[C@H]1c1cnc(N)c(C)c1. The number of nitrogens with two attached hydrogens (primary N) is 1. The summed E-state index contributed by atoms with van der Waals surface area (Å²) < 4.78 is 0. The molecule has 2 heterocycles. The first kappa shape index (κ1) is 12.4. The number of likely N-dealkylation sites (tertiary alicyclic amines) is 1. The summed E-state index contributed by atoms with van der Waals surface area (Å²) >= 11 is 0. The second-order valence-electron chi connectivity index (χ2n) is 5.02. The number of nitrogen functional groups attached to an aromatic ring is 1. The molecule has 94 valence electrons. The van der Waals surface area contributed by atoms with E-state index in [2.05, 4.69) is 22.9 Å². The Hall–Kier alpha value is -1.09. The Morgan fingerprint density at radius 3 is 3.00 bits per heavy atom. The van der Waals surface area contributed by atoms with E-state index in [1.165, 1.54) is 44.3 Å². The molecule has 1 saturated heterocycles. The first-order valence-electron chi connectivity index (χ1n) is 6.68. The van der Waals surface area contributed by atoms with Crippen LogP contribution in [0.1, 0.15) is 49.8 Å². The summed E-state index contributed by atoms with van der Waals surface area (Å²) in [7, 11) is 0. The van der Waals surface area contributed by atoms with E-state index in [0.29, 0.717) is 11.9 Å². The summed E-state index contributed by atoms with van der Waals surface area (Å²) in [6.45, 7) is 6.70. The fourth-order valence-corrected chi connectivity index (χ4v) is 2.71. The molecule has 0 saturated carbocycles. The molecule has 3 nitrogen and oxygen atoms in total. The quantitative estimate of drug-likeness (QED) is 0.873. The molecule has 0 aromatic carbocycles. The minimum Gasteiger partial charge on any atom is -0.383 e. The monoisotopic (exact) mass is 233 g/mol. The van der Waals surface area contributed by atoms with Crippen molar-refractivity contribution < 1.29 is 0 Å². The lowest BCUT2D eigenvalue weighted by Gasteiger charge is -2.35. The van der Waals surface area contributed by atoms with Gasteiger partial charge in [-0.15, -0.1) is 0 Å². The Morgan fingerprint density at radius 1 is 1.47 bits per heavy atom. The van der Waals surface area contributed by atoms with Crippen LogP contribution in [0.2, 0.25) is 0 Å². The molecule has 1 fully saturated rings. The molecule has 3 heteroatoms. The Bertz CT molecular complexity index is 374. The van der Waals surface area contributed by atoms with Crippen LogP contribution in [0.3, 0.4) is 0 Å². The van der Waals surface area contributed by atoms with Crippen molar-refractivity contribution in [3.05, 3.63) is 23.4 Å². The zero-order valence-corrected chi connectivity index (χ0v) is 10.9. The van der Waals surface area contributed by atoms with Crippen molar-refractivity contribution in [2.75, 3.05) is 18.8 Å². The number of aryl methyl sites for hydroxylation is 1. The van der Waals surface area contributed by atoms with Gasteiger partial charge in [-0.3, -0.25) is 4.90 Å². The van der Waals surface area contributed by atoms with Crippen molar-refractivity contribution in [1.82, 2.24) is 9.88 Å². The third-order valence-corrected chi connectivity index (χ3v) is 3.65. The molecule has 17 heavy (non-hydrogen) atoms. The van der Waals surface area contributed by atoms with E-state index in [9.17, 15) is 0 Å². The van der Waals surface area contributed by atoms with Gasteiger partial charge in [0.15, 0.2) is 0 Å². The van der Waals surface area contributed by atoms with Gasteiger partial charge in [-0.25, -0.2) is 4.98 Å². The number of piperidine rings is 1. The number of hydrogen-bond donors (Lipinski definition) is 1. The smallest absolute Gasteiger partial charge is 0.126 e. The highest BCUT2D eigenvalue weighted by atomic mass is 15.2. The Labute approximate surface area is 104 Å². The summed E-state index contributed by atoms with van der Waals surface area (Å²) in [4.78, 5) is 6.89. The molecular weight excluding hydrogens is 210 g/mol. The fraction of sp³-hybridized carbons (Fsp3) is 0.643. The number of anilines is 1. The van der Waals surface area contributed by atoms with Crippen LogP contribution >= 0.6 is 0 Å². The van der Waals surface area contributed by atoms with Crippen molar-refractivity contribution in [3.63, 3.8) is 0 Å². The van der Waals surface area contributed by atoms with Gasteiger partial charge in [0.05, 0.1) is 0 Å². The molecule has 0 aliphatic carbocycles. The molecule has 0 spiro atoms. The Balaban J connectivity index is 2.20. The number of nitrogens with zero attached hydrogens (tertiary/aromatic N) is 2. The van der Waals surface area contributed by atoms with E-state index in [0.717, 1.165) is 5.56 Å². The summed E-state index contributed by atoms with van der Waals surface area (Å²) in [5.74, 6) is 0.659. The molecule has 2 rings (SSSR count). The van der Waals surface area contributed by atoms with E-state index in [1.807, 2.05) is 13.1 Å². The van der Waals surface area contributed by atoms with Gasteiger partial charge in [0.2, 0.25) is 0 Å². The van der Waals surface area contributed by atoms with Crippen LogP contribution in [0.25, 0.3) is 0 Å². The molecule has 1 aliphatic rings. The normalized spacial score (nSPS) is 21.6. The van der Waals surface area contributed by atoms with Crippen LogP contribution in [-0.2, 0) is 0 Å². The highest BCUT2D eigenvalue weighted by Gasteiger charge is 2.23. The van der Waals surface area contributed by atoms with Crippen LogP contribution in [-0.4, -0.2) is 23.0 Å². The standard InChI is InChI=1S/C14H23N3/c1-3-7-17-8-5-4-6-13(17)12-9-11(2)14(15)16-10-12/h9-10,13H,3-8H2,1-2H3,(H2,15,16)/t13-/m0/s1. The second-order valence-corrected chi connectivity index (χ2v) is 5.02. The third kappa shape index (κ3) is 2.78. The van der Waals surface area contributed by atoms with Gasteiger partial charge >= 0.3 is 0 Å². The largest absolute Gasteiger partial charge is 0.383 e. The average molecular weight is 233 g/mol. The highest BCUT2D eigenvalue weighted by Crippen LogP contribution is 2.31. The topological polar surface area (TPSA) is 42.2 Å². The fourth-order valence-electron chi connectivity index (χ4n) is 2.71. The van der Waals surface area contributed by atoms with Crippen LogP contribution < -0.4 is 5.73 Å². The van der Waals surface area contributed by atoms with Gasteiger partial charge < -0.3 is 5.73 Å². The Kier molecular flexibility index (Phi) is 4.00. The summed E-state index contributed by atoms with van der Waals surface area (Å²) in [6, 6.07) is 2.76. The van der Waals surface area contributed by atoms with Crippen LogP contribution in [0.4, 0.5) is 5.82 Å². The second kappa shape index (κ2) is 5.50. The van der Waals surface area contributed by atoms with E-state index >= 15 is 0 Å². The predicted molar refractivity (Wildman–Crippen MR) is 71.8 cm³/mol. The summed E-state index contributed by atoms with van der Waals surface area (Å²) in [5.41, 5.74) is 8.23. The maximum atomic E-state index is 5.79. The molecule has 0 bridgehead atoms. The van der Waals surface area contributed by atoms with E-state index in [4.69, 9.17) is 5.73 Å². The average Bonchev–Trinajstić information content (AvgIpc) is 2.34. The molecule has 0 amide bonds. The maximum Gasteiger partial charge on any atom is 0.126 e. The molecule has 1 atom stereocenters. The lowest BCUT2D eigenvalue weighted by atomic mass is 9.95. The van der Waals surface area contributed by atoms with E-state index in [-0.39, 0.29) is 0 Å². The zero-order chi connectivity index (χ0) is 12.3. The minimum atomic E-state index is 0.551. The van der Waals surface area contributed by atoms with Crippen LogP contribution in [0.5, 0.6) is 0 Å². The van der Waals surface area contributed by atoms with Crippen molar-refractivity contribution in [2.45, 2.75) is 45.6 Å². The van der Waals surface area contributed by atoms with E-state index in [1.54, 1.807) is 0 Å². The molecule has 0 unspecified atom stereocenters. The zero-order valence-electron chi connectivity index (χ0n) is 10.9. The van der Waals surface area contributed by atoms with Gasteiger partial charge in [0.1, 0.15) is 5.82 Å². The maximum absolute atomic E-state index is 5.79. The molecular formula is C14H23N3. The molecule has 1 aromatic rings. The minimum absolute atomic E-state index is 0.551. The lowest BCUT2D eigenvalue weighted by molar-refractivity contribution is 0.149. The van der Waals surface area contributed by atoms with Gasteiger partial charge in [0, 0.05) is 12.2 Å². The number of aromatic nitrogens is 1. The molecule has 2 N–H and O–H groups in total. The van der Waals surface area contributed by atoms with Crippen molar-refractivity contribution in [2.24, 2.45) is 0 Å². The van der Waals surface area contributed by atoms with Crippen molar-refractivity contribution in [1.29, 1.82) is 0 Å². The predicted octanol–water partition coefficient (Wildman–Crippen LogP) is 2.91. The number of pyridine rings is 1. The van der Waals surface area contributed by atoms with E-state index < -0.39 is 0 Å². The van der Waals surface area contributed by atoms with Gasteiger partial charge in [-0.1, -0.05) is 13.3 Å². The van der Waals surface area contributed by atoms with Crippen LogP contribution in [0, 0.1) is 6.92 Å². The molecule has 1 aliphatic heterocycles. The van der Waals surface area contributed by atoms with Gasteiger partial charge in [-0.05, 0) is 56.5 Å². The van der Waals surface area contributed by atoms with Crippen molar-refractivity contribution >= 4 is 5.82 Å². The number of rotatable bonds is 3. The summed E-state index contributed by atoms with van der Waals surface area (Å²) in [5, 5.41) is 0. The Morgan fingerprint density at radius 2 is 2.29 bits per heavy atom. The number of hydrogen-bond acceptors (Lipinski definition) is 3. The first-order chi connectivity index (χ1) is 8.22. The third-order valence-electron chi connectivity index (χ3n) is 3.65. The molecule has 1 aromatic heterocycles. The van der Waals surface area contributed by atoms with Gasteiger partial charge in [-0.2, -0.15) is 0 Å². The van der Waals surface area contributed by atoms with Crippen molar-refractivity contribution in [3.8, 4) is 0 Å². The van der Waals surface area contributed by atoms with Crippen LogP contribution in [0.15, 0.2) is 12.3 Å². The lowest BCUT2D eigenvalue weighted by Crippen LogP contribution is -2.34. The summed E-state index contributed by atoms with van der Waals surface area (Å²) in [6.07, 6.45) is 7.09. The van der Waals surface area contributed by atoms with Gasteiger partial charge in [0.25, 0.3) is 0 Å². The highest BCUT2D eigenvalue weighted by molar-refractivity contribution is 5.40. The first-order valence-corrected chi connectivity index (χ1v) is 6.68.